The summed E-state index contributed by atoms with van der Waals surface area (Å²) in [6.45, 7) is 6.03. The number of likely N-dealkylation sites (tertiary alicyclic amines) is 1. The standard InChI is InChI=1S/C23H32N2O2/c1-3-17(2)25-21(26)19-12-6-5-11-18(19)20(22(27)24-15-9-10-16-24)23(25)13-7-4-8-14-23/h5-6,11-12,17,20H,3-4,7-10,13-16H2,1-2H3/t17-,20-/m1/s1. The van der Waals surface area contributed by atoms with Crippen LogP contribution in [0, 0.1) is 0 Å². The number of hydrogen-bond donors (Lipinski definition) is 0. The normalized spacial score (nSPS) is 25.6. The number of carbonyl (C=O) groups is 2. The van der Waals surface area contributed by atoms with Crippen molar-refractivity contribution in [3.8, 4) is 0 Å². The van der Waals surface area contributed by atoms with E-state index in [1.807, 2.05) is 24.3 Å². The molecule has 0 unspecified atom stereocenters. The lowest BCUT2D eigenvalue weighted by molar-refractivity contribution is -0.137. The average molecular weight is 369 g/mol. The molecule has 0 N–H and O–H groups in total. The van der Waals surface area contributed by atoms with Crippen LogP contribution in [0.1, 0.15) is 87.1 Å². The minimum Gasteiger partial charge on any atom is -0.342 e. The van der Waals surface area contributed by atoms with E-state index in [0.717, 1.165) is 69.2 Å². The molecule has 2 amide bonds. The molecule has 1 aliphatic carbocycles. The van der Waals surface area contributed by atoms with E-state index in [1.165, 1.54) is 6.42 Å². The Balaban J connectivity index is 1.88. The summed E-state index contributed by atoms with van der Waals surface area (Å²) >= 11 is 0. The van der Waals surface area contributed by atoms with Gasteiger partial charge in [0.1, 0.15) is 0 Å². The van der Waals surface area contributed by atoms with E-state index < -0.39 is 0 Å². The molecule has 1 saturated carbocycles. The van der Waals surface area contributed by atoms with Crippen LogP contribution in [0.3, 0.4) is 0 Å². The quantitative estimate of drug-likeness (QED) is 0.796. The van der Waals surface area contributed by atoms with Gasteiger partial charge in [-0.1, -0.05) is 44.4 Å². The van der Waals surface area contributed by atoms with E-state index >= 15 is 0 Å². The van der Waals surface area contributed by atoms with Gasteiger partial charge in [0.15, 0.2) is 0 Å². The fourth-order valence-electron chi connectivity index (χ4n) is 5.70. The number of hydrogen-bond acceptors (Lipinski definition) is 2. The molecule has 1 aromatic rings. The van der Waals surface area contributed by atoms with Crippen molar-refractivity contribution in [1.29, 1.82) is 0 Å². The molecule has 1 aromatic carbocycles. The minimum absolute atomic E-state index is 0.132. The van der Waals surface area contributed by atoms with E-state index in [4.69, 9.17) is 0 Å². The highest BCUT2D eigenvalue weighted by atomic mass is 16.2. The predicted octanol–water partition coefficient (Wildman–Crippen LogP) is 4.35. The molecule has 4 nitrogen and oxygen atoms in total. The Hall–Kier alpha value is -1.84. The highest BCUT2D eigenvalue weighted by Gasteiger charge is 2.56. The molecule has 2 aliphatic heterocycles. The number of nitrogens with zero attached hydrogens (tertiary/aromatic N) is 2. The number of benzene rings is 1. The van der Waals surface area contributed by atoms with Crippen LogP contribution in [-0.2, 0) is 4.79 Å². The van der Waals surface area contributed by atoms with Crippen LogP contribution in [0.4, 0.5) is 0 Å². The molecule has 2 heterocycles. The summed E-state index contributed by atoms with van der Waals surface area (Å²) in [5.74, 6) is 0.175. The van der Waals surface area contributed by atoms with Crippen LogP contribution in [0.25, 0.3) is 0 Å². The van der Waals surface area contributed by atoms with Gasteiger partial charge in [0.05, 0.1) is 11.5 Å². The van der Waals surface area contributed by atoms with Gasteiger partial charge in [0, 0.05) is 24.7 Å². The molecule has 0 radical (unpaired) electrons. The van der Waals surface area contributed by atoms with Crippen LogP contribution in [0.15, 0.2) is 24.3 Å². The SMILES string of the molecule is CC[C@@H](C)N1C(=O)c2ccccc2[C@H](C(=O)N2CCCC2)C12CCCCC2. The third-order valence-corrected chi connectivity index (χ3v) is 7.15. The van der Waals surface area contributed by atoms with E-state index in [9.17, 15) is 9.59 Å². The summed E-state index contributed by atoms with van der Waals surface area (Å²) < 4.78 is 0. The zero-order valence-corrected chi connectivity index (χ0v) is 16.7. The molecule has 3 aliphatic rings. The first-order valence-electron chi connectivity index (χ1n) is 10.8. The van der Waals surface area contributed by atoms with Crippen LogP contribution in [0.2, 0.25) is 0 Å². The lowest BCUT2D eigenvalue weighted by Gasteiger charge is -2.56. The maximum atomic E-state index is 13.8. The third-order valence-electron chi connectivity index (χ3n) is 7.15. The minimum atomic E-state index is -0.348. The van der Waals surface area contributed by atoms with Gasteiger partial charge >= 0.3 is 0 Å². The lowest BCUT2D eigenvalue weighted by Crippen LogP contribution is -2.65. The molecule has 0 aromatic heterocycles. The first kappa shape index (κ1) is 18.5. The van der Waals surface area contributed by atoms with Crippen LogP contribution in [-0.4, -0.2) is 46.3 Å². The van der Waals surface area contributed by atoms with Crippen molar-refractivity contribution in [3.05, 3.63) is 35.4 Å². The van der Waals surface area contributed by atoms with Gasteiger partial charge in [-0.15, -0.1) is 0 Å². The average Bonchev–Trinajstić information content (AvgIpc) is 3.23. The van der Waals surface area contributed by atoms with Gasteiger partial charge in [0.2, 0.25) is 5.91 Å². The zero-order chi connectivity index (χ0) is 19.0. The van der Waals surface area contributed by atoms with Crippen molar-refractivity contribution in [2.24, 2.45) is 0 Å². The molecule has 0 bridgehead atoms. The number of carbonyl (C=O) groups excluding carboxylic acids is 2. The summed E-state index contributed by atoms with van der Waals surface area (Å²) in [7, 11) is 0. The predicted molar refractivity (Wildman–Crippen MR) is 107 cm³/mol. The topological polar surface area (TPSA) is 40.6 Å². The van der Waals surface area contributed by atoms with Gasteiger partial charge in [-0.05, 0) is 50.7 Å². The number of fused-ring (bicyclic) bond motifs is 1. The van der Waals surface area contributed by atoms with E-state index in [-0.39, 0.29) is 29.3 Å². The molecule has 146 valence electrons. The summed E-state index contributed by atoms with van der Waals surface area (Å²) in [4.78, 5) is 31.6. The second-order valence-corrected chi connectivity index (χ2v) is 8.65. The summed E-state index contributed by atoms with van der Waals surface area (Å²) in [5, 5.41) is 0. The van der Waals surface area contributed by atoms with Crippen LogP contribution >= 0.6 is 0 Å². The summed E-state index contributed by atoms with van der Waals surface area (Å²) in [6.07, 6.45) is 8.42. The maximum absolute atomic E-state index is 13.8. The Labute approximate surface area is 162 Å². The summed E-state index contributed by atoms with van der Waals surface area (Å²) in [5.41, 5.74) is 1.37. The molecule has 27 heavy (non-hydrogen) atoms. The van der Waals surface area contributed by atoms with Gasteiger partial charge in [-0.25, -0.2) is 0 Å². The van der Waals surface area contributed by atoms with Crippen LogP contribution < -0.4 is 0 Å². The van der Waals surface area contributed by atoms with Gasteiger partial charge in [-0.3, -0.25) is 9.59 Å². The molecule has 2 fully saturated rings. The Morgan fingerprint density at radius 3 is 2.44 bits per heavy atom. The van der Waals surface area contributed by atoms with Crippen molar-refractivity contribution in [1.82, 2.24) is 9.80 Å². The highest BCUT2D eigenvalue weighted by molar-refractivity contribution is 6.02. The Morgan fingerprint density at radius 1 is 1.11 bits per heavy atom. The molecule has 4 rings (SSSR count). The number of amides is 2. The van der Waals surface area contributed by atoms with Gasteiger partial charge in [-0.2, -0.15) is 0 Å². The van der Waals surface area contributed by atoms with Gasteiger partial charge in [0.25, 0.3) is 5.91 Å². The fourth-order valence-corrected chi connectivity index (χ4v) is 5.70. The molecular weight excluding hydrogens is 336 g/mol. The molecule has 1 spiro atoms. The molecule has 2 atom stereocenters. The second-order valence-electron chi connectivity index (χ2n) is 8.65. The lowest BCUT2D eigenvalue weighted by atomic mass is 9.64. The summed E-state index contributed by atoms with van der Waals surface area (Å²) in [6, 6.07) is 8.04. The Kier molecular flexibility index (Phi) is 5.00. The van der Waals surface area contributed by atoms with E-state index in [1.54, 1.807) is 0 Å². The Morgan fingerprint density at radius 2 is 1.78 bits per heavy atom. The smallest absolute Gasteiger partial charge is 0.254 e. The number of rotatable bonds is 3. The molecular formula is C23H32N2O2. The largest absolute Gasteiger partial charge is 0.342 e. The monoisotopic (exact) mass is 368 g/mol. The highest BCUT2D eigenvalue weighted by Crippen LogP contribution is 2.51. The van der Waals surface area contributed by atoms with E-state index in [2.05, 4.69) is 23.6 Å². The van der Waals surface area contributed by atoms with Gasteiger partial charge < -0.3 is 9.80 Å². The van der Waals surface area contributed by atoms with Crippen molar-refractivity contribution in [2.45, 2.75) is 82.7 Å². The Bertz CT molecular complexity index is 717. The maximum Gasteiger partial charge on any atom is 0.254 e. The molecule has 4 heteroatoms. The molecule has 1 saturated heterocycles. The van der Waals surface area contributed by atoms with Crippen LogP contribution in [0.5, 0.6) is 0 Å². The van der Waals surface area contributed by atoms with Crippen molar-refractivity contribution < 1.29 is 9.59 Å². The van der Waals surface area contributed by atoms with E-state index in [0.29, 0.717) is 0 Å². The fraction of sp³-hybridized carbons (Fsp3) is 0.652. The first-order chi connectivity index (χ1) is 13.1. The third kappa shape index (κ3) is 2.88. The second kappa shape index (κ2) is 7.29. The first-order valence-corrected chi connectivity index (χ1v) is 10.8. The van der Waals surface area contributed by atoms with Crippen molar-refractivity contribution in [3.63, 3.8) is 0 Å². The zero-order valence-electron chi connectivity index (χ0n) is 16.7. The van der Waals surface area contributed by atoms with Crippen molar-refractivity contribution >= 4 is 11.8 Å². The van der Waals surface area contributed by atoms with Crippen molar-refractivity contribution in [2.75, 3.05) is 13.1 Å².